The molecule has 6 nitrogen and oxygen atoms in total. The van der Waals surface area contributed by atoms with E-state index in [1.54, 1.807) is 69.6 Å². The van der Waals surface area contributed by atoms with Crippen LogP contribution < -0.4 is 9.47 Å². The Morgan fingerprint density at radius 1 is 1.14 bits per heavy atom. The molecule has 2 aromatic carbocycles. The van der Waals surface area contributed by atoms with E-state index in [-0.39, 0.29) is 11.7 Å². The summed E-state index contributed by atoms with van der Waals surface area (Å²) in [5.41, 5.74) is 1.76. The van der Waals surface area contributed by atoms with Gasteiger partial charge in [-0.15, -0.1) is 0 Å². The second kappa shape index (κ2) is 10.1. The van der Waals surface area contributed by atoms with E-state index >= 15 is 0 Å². The van der Waals surface area contributed by atoms with Crippen molar-refractivity contribution < 1.29 is 19.1 Å². The zero-order valence-electron chi connectivity index (χ0n) is 17.0. The summed E-state index contributed by atoms with van der Waals surface area (Å²) in [6.07, 6.45) is 2.50. The lowest BCUT2D eigenvalue weighted by atomic mass is 10.1. The molecule has 6 heteroatoms. The summed E-state index contributed by atoms with van der Waals surface area (Å²) in [5, 5.41) is 8.83. The number of carbonyl (C=O) groups excluding carboxylic acids is 2. The molecule has 0 spiro atoms. The van der Waals surface area contributed by atoms with Crippen LogP contribution in [0.1, 0.15) is 35.3 Å². The van der Waals surface area contributed by atoms with Crippen LogP contribution in [0, 0.1) is 11.3 Å². The van der Waals surface area contributed by atoms with Gasteiger partial charge in [-0.3, -0.25) is 9.59 Å². The van der Waals surface area contributed by atoms with Gasteiger partial charge in [-0.05, 0) is 61.9 Å². The Balaban J connectivity index is 2.17. The molecule has 2 rings (SSSR count). The van der Waals surface area contributed by atoms with Crippen molar-refractivity contribution in [2.75, 3.05) is 20.7 Å². The molecule has 0 aromatic heterocycles. The minimum absolute atomic E-state index is 0.149. The normalized spacial score (nSPS) is 11.6. The van der Waals surface area contributed by atoms with E-state index in [4.69, 9.17) is 14.7 Å². The lowest BCUT2D eigenvalue weighted by Crippen LogP contribution is -2.35. The van der Waals surface area contributed by atoms with Crippen LogP contribution in [0.3, 0.4) is 0 Å². The third-order valence-electron chi connectivity index (χ3n) is 4.09. The molecule has 0 aliphatic rings. The molecule has 150 valence electrons. The van der Waals surface area contributed by atoms with Crippen LogP contribution in [0.15, 0.2) is 48.5 Å². The molecule has 0 saturated carbocycles. The summed E-state index contributed by atoms with van der Waals surface area (Å²) in [7, 11) is 3.34. The van der Waals surface area contributed by atoms with Crippen molar-refractivity contribution in [1.29, 1.82) is 5.26 Å². The Morgan fingerprint density at radius 3 is 2.41 bits per heavy atom. The zero-order chi connectivity index (χ0) is 21.4. The van der Waals surface area contributed by atoms with Crippen LogP contribution in [0.2, 0.25) is 0 Å². The molecule has 0 bridgehead atoms. The van der Waals surface area contributed by atoms with Gasteiger partial charge < -0.3 is 14.4 Å². The Morgan fingerprint density at radius 2 is 1.83 bits per heavy atom. The molecule has 0 radical (unpaired) electrons. The molecule has 1 amide bonds. The predicted octanol–water partition coefficient (Wildman–Crippen LogP) is 3.71. The SMILES string of the molecule is CCOc1cc(/C=C/C(=O)c2ccc(C#N)cc2)ccc1OC(C)C(=O)N(C)C. The second-order valence-electron chi connectivity index (χ2n) is 6.52. The van der Waals surface area contributed by atoms with E-state index in [9.17, 15) is 9.59 Å². The largest absolute Gasteiger partial charge is 0.490 e. The molecule has 1 unspecified atom stereocenters. The summed E-state index contributed by atoms with van der Waals surface area (Å²) in [4.78, 5) is 25.8. The number of allylic oxidation sites excluding steroid dienone is 1. The summed E-state index contributed by atoms with van der Waals surface area (Å²) < 4.78 is 11.4. The second-order valence-corrected chi connectivity index (χ2v) is 6.52. The third-order valence-corrected chi connectivity index (χ3v) is 4.09. The first-order valence-electron chi connectivity index (χ1n) is 9.23. The standard InChI is InChI=1S/C23H24N2O4/c1-5-28-22-14-17(9-13-21(22)29-16(2)23(27)25(3)4)8-12-20(26)19-10-6-18(15-24)7-11-19/h6-14,16H,5H2,1-4H3/b12-8+. The topological polar surface area (TPSA) is 79.6 Å². The number of amides is 1. The van der Waals surface area contributed by atoms with E-state index in [1.807, 2.05) is 13.0 Å². The molecule has 0 N–H and O–H groups in total. The van der Waals surface area contributed by atoms with E-state index in [0.717, 1.165) is 5.56 Å². The highest BCUT2D eigenvalue weighted by molar-refractivity contribution is 6.06. The summed E-state index contributed by atoms with van der Waals surface area (Å²) in [6, 6.07) is 13.7. The van der Waals surface area contributed by atoms with Crippen molar-refractivity contribution in [3.8, 4) is 17.6 Å². The van der Waals surface area contributed by atoms with E-state index < -0.39 is 6.10 Å². The summed E-state index contributed by atoms with van der Waals surface area (Å²) in [5.74, 6) is 0.645. The van der Waals surface area contributed by atoms with Crippen molar-refractivity contribution in [1.82, 2.24) is 4.90 Å². The Kier molecular flexibility index (Phi) is 7.55. The van der Waals surface area contributed by atoms with Gasteiger partial charge in [-0.1, -0.05) is 12.1 Å². The highest BCUT2D eigenvalue weighted by atomic mass is 16.5. The highest BCUT2D eigenvalue weighted by Gasteiger charge is 2.18. The number of hydrogen-bond acceptors (Lipinski definition) is 5. The van der Waals surface area contributed by atoms with Crippen LogP contribution in [0.5, 0.6) is 11.5 Å². The number of rotatable bonds is 8. The molecule has 0 fully saturated rings. The van der Waals surface area contributed by atoms with Crippen LogP contribution in [-0.4, -0.2) is 43.4 Å². The lowest BCUT2D eigenvalue weighted by Gasteiger charge is -2.20. The Hall–Kier alpha value is -3.59. The van der Waals surface area contributed by atoms with Gasteiger partial charge in [-0.25, -0.2) is 0 Å². The number of nitriles is 1. The molecular formula is C23H24N2O4. The van der Waals surface area contributed by atoms with E-state index in [0.29, 0.717) is 29.2 Å². The lowest BCUT2D eigenvalue weighted by molar-refractivity contribution is -0.135. The first-order chi connectivity index (χ1) is 13.8. The van der Waals surface area contributed by atoms with Gasteiger partial charge in [0, 0.05) is 19.7 Å². The first-order valence-corrected chi connectivity index (χ1v) is 9.23. The van der Waals surface area contributed by atoms with Gasteiger partial charge in [0.25, 0.3) is 5.91 Å². The van der Waals surface area contributed by atoms with Gasteiger partial charge in [-0.2, -0.15) is 5.26 Å². The smallest absolute Gasteiger partial charge is 0.262 e. The molecule has 0 aliphatic heterocycles. The number of ketones is 1. The average Bonchev–Trinajstić information content (AvgIpc) is 2.73. The maximum absolute atomic E-state index is 12.3. The molecule has 1 atom stereocenters. The summed E-state index contributed by atoms with van der Waals surface area (Å²) in [6.45, 7) is 3.97. The third kappa shape index (κ3) is 5.94. The molecule has 2 aromatic rings. The van der Waals surface area contributed by atoms with Crippen molar-refractivity contribution in [2.45, 2.75) is 20.0 Å². The summed E-state index contributed by atoms with van der Waals surface area (Å²) >= 11 is 0. The maximum atomic E-state index is 12.3. The molecule has 0 aliphatic carbocycles. The van der Waals surface area contributed by atoms with Crippen molar-refractivity contribution in [3.63, 3.8) is 0 Å². The quantitative estimate of drug-likeness (QED) is 0.505. The minimum Gasteiger partial charge on any atom is -0.490 e. The average molecular weight is 392 g/mol. The monoisotopic (exact) mass is 392 g/mol. The number of hydrogen-bond donors (Lipinski definition) is 0. The van der Waals surface area contributed by atoms with Gasteiger partial charge >= 0.3 is 0 Å². The highest BCUT2D eigenvalue weighted by Crippen LogP contribution is 2.30. The van der Waals surface area contributed by atoms with Crippen molar-refractivity contribution >= 4 is 17.8 Å². The van der Waals surface area contributed by atoms with Crippen LogP contribution in [0.25, 0.3) is 6.08 Å². The van der Waals surface area contributed by atoms with Crippen molar-refractivity contribution in [3.05, 3.63) is 65.2 Å². The number of benzene rings is 2. The molecule has 0 saturated heterocycles. The number of ether oxygens (including phenoxy) is 2. The number of carbonyl (C=O) groups is 2. The van der Waals surface area contributed by atoms with Crippen LogP contribution >= 0.6 is 0 Å². The fourth-order valence-electron chi connectivity index (χ4n) is 2.58. The molecule has 29 heavy (non-hydrogen) atoms. The number of nitrogens with zero attached hydrogens (tertiary/aromatic N) is 2. The van der Waals surface area contributed by atoms with Crippen LogP contribution in [0.4, 0.5) is 0 Å². The van der Waals surface area contributed by atoms with Gasteiger partial charge in [0.1, 0.15) is 0 Å². The number of likely N-dealkylation sites (N-methyl/N-ethyl adjacent to an activating group) is 1. The fourth-order valence-corrected chi connectivity index (χ4v) is 2.58. The molecule has 0 heterocycles. The first kappa shape index (κ1) is 21.7. The Labute approximate surface area is 171 Å². The van der Waals surface area contributed by atoms with E-state index in [1.165, 1.54) is 11.0 Å². The van der Waals surface area contributed by atoms with Gasteiger partial charge in [0.2, 0.25) is 0 Å². The fraction of sp³-hybridized carbons (Fsp3) is 0.261. The maximum Gasteiger partial charge on any atom is 0.262 e. The van der Waals surface area contributed by atoms with Crippen molar-refractivity contribution in [2.24, 2.45) is 0 Å². The van der Waals surface area contributed by atoms with Crippen LogP contribution in [-0.2, 0) is 4.79 Å². The minimum atomic E-state index is -0.649. The zero-order valence-corrected chi connectivity index (χ0v) is 17.0. The van der Waals surface area contributed by atoms with E-state index in [2.05, 4.69) is 0 Å². The Bertz CT molecular complexity index is 940. The van der Waals surface area contributed by atoms with Gasteiger partial charge in [0.15, 0.2) is 23.4 Å². The van der Waals surface area contributed by atoms with Gasteiger partial charge in [0.05, 0.1) is 18.2 Å². The predicted molar refractivity (Wildman–Crippen MR) is 111 cm³/mol. The molecular weight excluding hydrogens is 368 g/mol.